The molecule has 0 spiro atoms. The van der Waals surface area contributed by atoms with Gasteiger partial charge in [-0.25, -0.2) is 0 Å². The summed E-state index contributed by atoms with van der Waals surface area (Å²) in [6.07, 6.45) is 5.52. The number of nitrogens with one attached hydrogen (secondary N) is 1. The Kier molecular flexibility index (Phi) is 7.58. The second kappa shape index (κ2) is 9.93. The van der Waals surface area contributed by atoms with Gasteiger partial charge in [-0.3, -0.25) is 4.79 Å². The van der Waals surface area contributed by atoms with Crippen LogP contribution in [0, 0.1) is 0 Å². The van der Waals surface area contributed by atoms with Crippen LogP contribution < -0.4 is 5.32 Å². The summed E-state index contributed by atoms with van der Waals surface area (Å²) in [6.45, 7) is 19.4. The van der Waals surface area contributed by atoms with Crippen LogP contribution in [0.1, 0.15) is 52.7 Å². The summed E-state index contributed by atoms with van der Waals surface area (Å²) in [5.41, 5.74) is 4.29. The van der Waals surface area contributed by atoms with E-state index < -0.39 is 8.32 Å². The molecule has 0 saturated carbocycles. The van der Waals surface area contributed by atoms with Gasteiger partial charge in [0.2, 0.25) is 5.91 Å². The van der Waals surface area contributed by atoms with Crippen LogP contribution in [-0.2, 0) is 21.2 Å². The topological polar surface area (TPSA) is 43.3 Å². The minimum absolute atomic E-state index is 0.118. The fourth-order valence-corrected chi connectivity index (χ4v) is 4.56. The Morgan fingerprint density at radius 3 is 2.29 bits per heavy atom. The van der Waals surface area contributed by atoms with Crippen LogP contribution >= 0.6 is 0 Å². The zero-order chi connectivity index (χ0) is 25.1. The lowest BCUT2D eigenvalue weighted by atomic mass is 9.87. The highest BCUT2D eigenvalue weighted by atomic mass is 28.4. The van der Waals surface area contributed by atoms with Gasteiger partial charge in [0, 0.05) is 24.5 Å². The van der Waals surface area contributed by atoms with Gasteiger partial charge in [-0.15, -0.1) is 0 Å². The molecule has 1 N–H and O–H groups in total. The minimum atomic E-state index is -1.77. The molecule has 0 saturated heterocycles. The summed E-state index contributed by atoms with van der Waals surface area (Å²) in [5, 5.41) is 4.35. The first-order valence-electron chi connectivity index (χ1n) is 12.1. The first-order valence-corrected chi connectivity index (χ1v) is 15.0. The summed E-state index contributed by atoms with van der Waals surface area (Å²) in [7, 11) is -1.77. The monoisotopic (exact) mass is 476 g/mol. The molecule has 34 heavy (non-hydrogen) atoms. The van der Waals surface area contributed by atoms with Crippen molar-refractivity contribution < 1.29 is 9.22 Å². The number of hydrogen-bond acceptors (Lipinski definition) is 2. The highest BCUT2D eigenvalue weighted by Crippen LogP contribution is 2.36. The maximum Gasteiger partial charge on any atom is 0.248 e. The van der Waals surface area contributed by atoms with E-state index in [1.54, 1.807) is 6.08 Å². The van der Waals surface area contributed by atoms with Gasteiger partial charge in [0.1, 0.15) is 0 Å². The van der Waals surface area contributed by atoms with Crippen molar-refractivity contribution in [3.63, 3.8) is 0 Å². The van der Waals surface area contributed by atoms with Crippen molar-refractivity contribution in [2.24, 2.45) is 0 Å². The molecule has 3 rings (SSSR count). The van der Waals surface area contributed by atoms with Crippen molar-refractivity contribution in [3.05, 3.63) is 71.9 Å². The quantitative estimate of drug-likeness (QED) is 0.282. The van der Waals surface area contributed by atoms with Crippen molar-refractivity contribution in [2.45, 2.75) is 71.6 Å². The predicted octanol–water partition coefficient (Wildman–Crippen LogP) is 7.61. The number of carbonyl (C=O) groups is 1. The van der Waals surface area contributed by atoms with Gasteiger partial charge in [0.05, 0.1) is 12.1 Å². The summed E-state index contributed by atoms with van der Waals surface area (Å²) < 4.78 is 8.55. The highest BCUT2D eigenvalue weighted by Gasteiger charge is 2.36. The van der Waals surface area contributed by atoms with E-state index in [9.17, 15) is 4.79 Å². The van der Waals surface area contributed by atoms with Crippen LogP contribution in [0.4, 0.5) is 5.69 Å². The van der Waals surface area contributed by atoms with E-state index in [1.165, 1.54) is 5.56 Å². The average molecular weight is 477 g/mol. The van der Waals surface area contributed by atoms with E-state index >= 15 is 0 Å². The summed E-state index contributed by atoms with van der Waals surface area (Å²) in [6, 6.07) is 16.5. The molecule has 4 nitrogen and oxygen atoms in total. The van der Waals surface area contributed by atoms with Crippen LogP contribution in [-0.4, -0.2) is 25.4 Å². The average Bonchev–Trinajstić information content (AvgIpc) is 3.13. The van der Waals surface area contributed by atoms with E-state index in [0.29, 0.717) is 6.61 Å². The van der Waals surface area contributed by atoms with Gasteiger partial charge < -0.3 is 14.3 Å². The molecule has 1 heterocycles. The largest absolute Gasteiger partial charge is 0.415 e. The lowest BCUT2D eigenvalue weighted by Gasteiger charge is -2.36. The maximum absolute atomic E-state index is 12.5. The minimum Gasteiger partial charge on any atom is -0.415 e. The number of amides is 1. The number of anilines is 1. The van der Waals surface area contributed by atoms with Crippen LogP contribution in [0.3, 0.4) is 0 Å². The van der Waals surface area contributed by atoms with E-state index in [-0.39, 0.29) is 16.4 Å². The molecule has 182 valence electrons. The summed E-state index contributed by atoms with van der Waals surface area (Å²) >= 11 is 0. The van der Waals surface area contributed by atoms with Crippen LogP contribution in [0.15, 0.2) is 60.8 Å². The molecule has 0 atom stereocenters. The number of hydrogen-bond donors (Lipinski definition) is 1. The Morgan fingerprint density at radius 2 is 1.68 bits per heavy atom. The van der Waals surface area contributed by atoms with Crippen molar-refractivity contribution in [3.8, 4) is 0 Å². The predicted molar refractivity (Wildman–Crippen MR) is 148 cm³/mol. The Bertz CT molecular complexity index is 1160. The van der Waals surface area contributed by atoms with Crippen molar-refractivity contribution in [1.82, 2.24) is 4.57 Å². The van der Waals surface area contributed by atoms with Gasteiger partial charge in [-0.1, -0.05) is 71.9 Å². The first kappa shape index (κ1) is 26.0. The smallest absolute Gasteiger partial charge is 0.248 e. The lowest BCUT2D eigenvalue weighted by Crippen LogP contribution is -2.41. The number of rotatable bonds is 7. The Hall–Kier alpha value is -2.63. The van der Waals surface area contributed by atoms with Crippen molar-refractivity contribution in [2.75, 3.05) is 11.9 Å². The van der Waals surface area contributed by atoms with Gasteiger partial charge in [-0.05, 0) is 64.3 Å². The van der Waals surface area contributed by atoms with Crippen LogP contribution in [0.2, 0.25) is 18.1 Å². The molecule has 0 aliphatic heterocycles. The zero-order valence-electron chi connectivity index (χ0n) is 22.0. The molecule has 0 radical (unpaired) electrons. The first-order chi connectivity index (χ1) is 15.8. The molecule has 0 fully saturated rings. The highest BCUT2D eigenvalue weighted by molar-refractivity contribution is 6.74. The van der Waals surface area contributed by atoms with Crippen molar-refractivity contribution in [1.29, 1.82) is 0 Å². The molecule has 0 aliphatic rings. The van der Waals surface area contributed by atoms with E-state index in [1.807, 2.05) is 24.3 Å². The Morgan fingerprint density at radius 1 is 1.00 bits per heavy atom. The second-order valence-corrected chi connectivity index (χ2v) is 16.4. The Balaban J connectivity index is 1.64. The lowest BCUT2D eigenvalue weighted by molar-refractivity contribution is -0.111. The zero-order valence-corrected chi connectivity index (χ0v) is 23.0. The number of aromatic nitrogens is 1. The fourth-order valence-electron chi connectivity index (χ4n) is 3.52. The fraction of sp³-hybridized carbons (Fsp3) is 0.414. The van der Waals surface area contributed by atoms with Gasteiger partial charge in [0.25, 0.3) is 0 Å². The molecule has 0 aliphatic carbocycles. The number of benzene rings is 2. The SMILES string of the molecule is CC(C)(C)c1ccc(C=CC(=O)Nc2ccc3ccn(CCO[Si](C)(C)C(C)(C)C)c3c2)cc1. The van der Waals surface area contributed by atoms with Gasteiger partial charge in [0.15, 0.2) is 8.32 Å². The molecule has 1 amide bonds. The van der Waals surface area contributed by atoms with Crippen molar-refractivity contribution >= 4 is 36.9 Å². The van der Waals surface area contributed by atoms with Crippen LogP contribution in [0.25, 0.3) is 17.0 Å². The normalized spacial score (nSPS) is 13.1. The molecular formula is C29H40N2O2Si. The summed E-state index contributed by atoms with van der Waals surface area (Å²) in [4.78, 5) is 12.5. The van der Waals surface area contributed by atoms with E-state index in [2.05, 4.69) is 101 Å². The number of nitrogens with zero attached hydrogens (tertiary/aromatic N) is 1. The number of carbonyl (C=O) groups excluding carboxylic acids is 1. The van der Waals surface area contributed by atoms with Gasteiger partial charge in [-0.2, -0.15) is 0 Å². The standard InChI is InChI=1S/C29H40N2O2Si/c1-28(2,3)24-13-9-22(10-14-24)11-16-27(32)30-25-15-12-23-17-18-31(26(23)21-25)19-20-33-34(7,8)29(4,5)6/h9-18,21H,19-20H2,1-8H3,(H,30,32). The number of fused-ring (bicyclic) bond motifs is 1. The van der Waals surface area contributed by atoms with E-state index in [0.717, 1.165) is 28.7 Å². The third-order valence-electron chi connectivity index (χ3n) is 6.85. The summed E-state index contributed by atoms with van der Waals surface area (Å²) in [5.74, 6) is -0.140. The Labute approximate surface area is 206 Å². The molecule has 0 bridgehead atoms. The molecule has 1 aromatic heterocycles. The molecule has 2 aromatic carbocycles. The van der Waals surface area contributed by atoms with Crippen LogP contribution in [0.5, 0.6) is 0 Å². The third kappa shape index (κ3) is 6.48. The molecule has 5 heteroatoms. The maximum atomic E-state index is 12.5. The van der Waals surface area contributed by atoms with Gasteiger partial charge >= 0.3 is 0 Å². The van der Waals surface area contributed by atoms with E-state index in [4.69, 9.17) is 4.43 Å². The molecule has 0 unspecified atom stereocenters. The molecule has 3 aromatic rings. The third-order valence-corrected chi connectivity index (χ3v) is 11.4. The molecular weight excluding hydrogens is 436 g/mol. The second-order valence-electron chi connectivity index (χ2n) is 11.6.